The Labute approximate surface area is 118 Å². The first kappa shape index (κ1) is 12.0. The Morgan fingerprint density at radius 3 is 2.95 bits per heavy atom. The fourth-order valence-electron chi connectivity index (χ4n) is 3.23. The molecule has 0 unspecified atom stereocenters. The molecule has 2 aromatic rings. The van der Waals surface area contributed by atoms with Gasteiger partial charge in [-0.25, -0.2) is 0 Å². The van der Waals surface area contributed by atoms with Crippen LogP contribution < -0.4 is 5.32 Å². The number of H-pyrrole nitrogens is 1. The molecule has 0 radical (unpaired) electrons. The van der Waals surface area contributed by atoms with Crippen molar-refractivity contribution < 1.29 is 4.79 Å². The van der Waals surface area contributed by atoms with Gasteiger partial charge in [0, 0.05) is 28.2 Å². The summed E-state index contributed by atoms with van der Waals surface area (Å²) >= 11 is 0. The van der Waals surface area contributed by atoms with Crippen molar-refractivity contribution in [1.29, 1.82) is 0 Å². The van der Waals surface area contributed by atoms with Crippen LogP contribution >= 0.6 is 0 Å². The van der Waals surface area contributed by atoms with Crippen LogP contribution in [-0.4, -0.2) is 16.9 Å². The fraction of sp³-hybridized carbons (Fsp3) is 0.471. The van der Waals surface area contributed by atoms with Crippen LogP contribution in [0.5, 0.6) is 0 Å². The van der Waals surface area contributed by atoms with Crippen LogP contribution in [0.3, 0.4) is 0 Å². The first-order valence-corrected chi connectivity index (χ1v) is 7.65. The van der Waals surface area contributed by atoms with Crippen LogP contribution in [0.2, 0.25) is 0 Å². The minimum absolute atomic E-state index is 0.0770. The third-order valence-electron chi connectivity index (χ3n) is 4.61. The van der Waals surface area contributed by atoms with E-state index in [0.717, 1.165) is 37.2 Å². The van der Waals surface area contributed by atoms with E-state index in [-0.39, 0.29) is 5.91 Å². The lowest BCUT2D eigenvalue weighted by Crippen LogP contribution is -2.25. The van der Waals surface area contributed by atoms with E-state index in [1.807, 2.05) is 6.07 Å². The Morgan fingerprint density at radius 2 is 2.15 bits per heavy atom. The zero-order chi connectivity index (χ0) is 13.7. The summed E-state index contributed by atoms with van der Waals surface area (Å²) in [5, 5.41) is 4.31. The number of hydrogen-bond acceptors (Lipinski definition) is 1. The minimum Gasteiger partial charge on any atom is -0.358 e. The smallest absolute Gasteiger partial charge is 0.251 e. The van der Waals surface area contributed by atoms with Crippen LogP contribution in [0, 0.1) is 5.92 Å². The third kappa shape index (κ3) is 2.01. The largest absolute Gasteiger partial charge is 0.358 e. The molecular formula is C17H20N2O. The van der Waals surface area contributed by atoms with Gasteiger partial charge in [0.25, 0.3) is 5.91 Å². The Balaban J connectivity index is 1.74. The molecule has 0 aliphatic heterocycles. The molecule has 1 heterocycles. The standard InChI is InChI=1S/C17H20N2O/c1-10-2-6-15-13(8-10)14-9-11(3-7-16(14)19-15)17(20)18-12-4-5-12/h3,7,9-10,12,19H,2,4-6,8H2,1H3,(H,18,20)/t10-/m1/s1. The van der Waals surface area contributed by atoms with E-state index in [9.17, 15) is 4.79 Å². The maximum atomic E-state index is 12.2. The summed E-state index contributed by atoms with van der Waals surface area (Å²) in [6, 6.07) is 6.48. The van der Waals surface area contributed by atoms with Gasteiger partial charge < -0.3 is 10.3 Å². The van der Waals surface area contributed by atoms with Gasteiger partial charge in [0.05, 0.1) is 0 Å². The first-order valence-electron chi connectivity index (χ1n) is 7.65. The molecule has 1 aromatic heterocycles. The number of aromatic amines is 1. The average Bonchev–Trinajstić information content (AvgIpc) is 3.18. The van der Waals surface area contributed by atoms with E-state index in [1.54, 1.807) is 0 Å². The summed E-state index contributed by atoms with van der Waals surface area (Å²) in [7, 11) is 0. The van der Waals surface area contributed by atoms with Gasteiger partial charge in [-0.3, -0.25) is 4.79 Å². The van der Waals surface area contributed by atoms with Crippen molar-refractivity contribution in [2.75, 3.05) is 0 Å². The van der Waals surface area contributed by atoms with Crippen molar-refractivity contribution in [3.05, 3.63) is 35.0 Å². The summed E-state index contributed by atoms with van der Waals surface area (Å²) < 4.78 is 0. The van der Waals surface area contributed by atoms with Gasteiger partial charge in [-0.15, -0.1) is 0 Å². The van der Waals surface area contributed by atoms with Crippen LogP contribution in [-0.2, 0) is 12.8 Å². The molecule has 1 amide bonds. The number of carbonyl (C=O) groups excluding carboxylic acids is 1. The second kappa shape index (κ2) is 4.37. The number of amides is 1. The number of fused-ring (bicyclic) bond motifs is 3. The highest BCUT2D eigenvalue weighted by atomic mass is 16.1. The number of aryl methyl sites for hydroxylation is 1. The average molecular weight is 268 g/mol. The third-order valence-corrected chi connectivity index (χ3v) is 4.61. The van der Waals surface area contributed by atoms with E-state index in [4.69, 9.17) is 0 Å². The van der Waals surface area contributed by atoms with Crippen molar-refractivity contribution in [3.8, 4) is 0 Å². The van der Waals surface area contributed by atoms with Crippen LogP contribution in [0.4, 0.5) is 0 Å². The van der Waals surface area contributed by atoms with E-state index < -0.39 is 0 Å². The maximum Gasteiger partial charge on any atom is 0.251 e. The molecule has 1 aromatic carbocycles. The number of rotatable bonds is 2. The maximum absolute atomic E-state index is 12.2. The molecule has 2 aliphatic rings. The number of carbonyl (C=O) groups is 1. The minimum atomic E-state index is 0.0770. The number of aromatic nitrogens is 1. The van der Waals surface area contributed by atoms with Crippen LogP contribution in [0.15, 0.2) is 18.2 Å². The highest BCUT2D eigenvalue weighted by molar-refractivity contribution is 5.99. The molecular weight excluding hydrogens is 248 g/mol. The lowest BCUT2D eigenvalue weighted by molar-refractivity contribution is 0.0951. The van der Waals surface area contributed by atoms with E-state index >= 15 is 0 Å². The Hall–Kier alpha value is -1.77. The van der Waals surface area contributed by atoms with Crippen LogP contribution in [0.25, 0.3) is 10.9 Å². The molecule has 4 rings (SSSR count). The Morgan fingerprint density at radius 1 is 1.30 bits per heavy atom. The second-order valence-corrected chi connectivity index (χ2v) is 6.44. The van der Waals surface area contributed by atoms with E-state index in [2.05, 4.69) is 29.4 Å². The molecule has 1 fully saturated rings. The molecule has 0 saturated heterocycles. The normalized spacial score (nSPS) is 21.8. The molecule has 1 atom stereocenters. The van der Waals surface area contributed by atoms with Gasteiger partial charge in [-0.1, -0.05) is 6.92 Å². The summed E-state index contributed by atoms with van der Waals surface area (Å²) in [5.41, 5.74) is 4.77. The fourth-order valence-corrected chi connectivity index (χ4v) is 3.23. The highest BCUT2D eigenvalue weighted by Crippen LogP contribution is 2.32. The van der Waals surface area contributed by atoms with Gasteiger partial charge in [0.1, 0.15) is 0 Å². The molecule has 3 heteroatoms. The molecule has 0 spiro atoms. The highest BCUT2D eigenvalue weighted by Gasteiger charge is 2.25. The second-order valence-electron chi connectivity index (χ2n) is 6.44. The number of hydrogen-bond donors (Lipinski definition) is 2. The molecule has 2 N–H and O–H groups in total. The lowest BCUT2D eigenvalue weighted by Gasteiger charge is -2.18. The predicted octanol–water partition coefficient (Wildman–Crippen LogP) is 3.18. The molecule has 1 saturated carbocycles. The van der Waals surface area contributed by atoms with Crippen molar-refractivity contribution in [3.63, 3.8) is 0 Å². The summed E-state index contributed by atoms with van der Waals surface area (Å²) in [6.07, 6.45) is 5.78. The zero-order valence-corrected chi connectivity index (χ0v) is 11.8. The van der Waals surface area contributed by atoms with E-state index in [0.29, 0.717) is 6.04 Å². The Bertz CT molecular complexity index is 682. The van der Waals surface area contributed by atoms with Gasteiger partial charge in [-0.2, -0.15) is 0 Å². The number of nitrogens with one attached hydrogen (secondary N) is 2. The first-order chi connectivity index (χ1) is 9.70. The van der Waals surface area contributed by atoms with Crippen molar-refractivity contribution >= 4 is 16.8 Å². The predicted molar refractivity (Wildman–Crippen MR) is 80.0 cm³/mol. The molecule has 20 heavy (non-hydrogen) atoms. The topological polar surface area (TPSA) is 44.9 Å². The molecule has 2 aliphatic carbocycles. The van der Waals surface area contributed by atoms with Gasteiger partial charge in [0.15, 0.2) is 0 Å². The lowest BCUT2D eigenvalue weighted by atomic mass is 9.87. The van der Waals surface area contributed by atoms with Crippen LogP contribution in [0.1, 0.15) is 47.8 Å². The summed E-state index contributed by atoms with van der Waals surface area (Å²) in [5.74, 6) is 0.818. The van der Waals surface area contributed by atoms with E-state index in [1.165, 1.54) is 28.6 Å². The quantitative estimate of drug-likeness (QED) is 0.863. The molecule has 0 bridgehead atoms. The SMILES string of the molecule is C[C@@H]1CCc2[nH]c3ccc(C(=O)NC4CC4)cc3c2C1. The monoisotopic (exact) mass is 268 g/mol. The van der Waals surface area contributed by atoms with Gasteiger partial charge >= 0.3 is 0 Å². The molecule has 104 valence electrons. The van der Waals surface area contributed by atoms with Crippen molar-refractivity contribution in [2.45, 2.75) is 45.1 Å². The van der Waals surface area contributed by atoms with Crippen molar-refractivity contribution in [2.24, 2.45) is 5.92 Å². The van der Waals surface area contributed by atoms with Crippen molar-refractivity contribution in [1.82, 2.24) is 10.3 Å². The Kier molecular flexibility index (Phi) is 2.62. The summed E-state index contributed by atoms with van der Waals surface area (Å²) in [4.78, 5) is 15.7. The number of benzene rings is 1. The zero-order valence-electron chi connectivity index (χ0n) is 11.8. The summed E-state index contributed by atoms with van der Waals surface area (Å²) in [6.45, 7) is 2.31. The van der Waals surface area contributed by atoms with Gasteiger partial charge in [-0.05, 0) is 61.8 Å². The van der Waals surface area contributed by atoms with Gasteiger partial charge in [0.2, 0.25) is 0 Å². The molecule has 3 nitrogen and oxygen atoms in total.